The average molecular weight is 355 g/mol. The van der Waals surface area contributed by atoms with E-state index in [9.17, 15) is 4.79 Å². The number of methoxy groups -OCH3 is 1. The van der Waals surface area contributed by atoms with Crippen LogP contribution in [0.15, 0.2) is 36.4 Å². The van der Waals surface area contributed by atoms with Crippen LogP contribution in [0.1, 0.15) is 55.0 Å². The summed E-state index contributed by atoms with van der Waals surface area (Å²) in [5, 5.41) is 3.03. The molecule has 4 nitrogen and oxygen atoms in total. The molecule has 140 valence electrons. The molecule has 2 aromatic carbocycles. The van der Waals surface area contributed by atoms with E-state index in [0.29, 0.717) is 5.92 Å². The molecule has 1 atom stereocenters. The third-order valence-corrected chi connectivity index (χ3v) is 4.54. The summed E-state index contributed by atoms with van der Waals surface area (Å²) in [7, 11) is 1.69. The molecule has 1 N–H and O–H groups in total. The SMILES string of the molecule is COc1cc(C)c([C@H](C)NC(=O)COc2ccccc2C)cc1C(C)C. The van der Waals surface area contributed by atoms with Crippen LogP contribution in [0.2, 0.25) is 0 Å². The zero-order chi connectivity index (χ0) is 19.3. The van der Waals surface area contributed by atoms with Gasteiger partial charge in [0.25, 0.3) is 5.91 Å². The number of hydrogen-bond acceptors (Lipinski definition) is 3. The van der Waals surface area contributed by atoms with Crippen molar-refractivity contribution in [2.45, 2.75) is 46.6 Å². The third kappa shape index (κ3) is 4.78. The Morgan fingerprint density at radius 2 is 1.69 bits per heavy atom. The van der Waals surface area contributed by atoms with Gasteiger partial charge in [-0.3, -0.25) is 4.79 Å². The molecule has 0 aliphatic heterocycles. The molecular formula is C22H29NO3. The van der Waals surface area contributed by atoms with Gasteiger partial charge >= 0.3 is 0 Å². The van der Waals surface area contributed by atoms with Gasteiger partial charge in [0.15, 0.2) is 6.61 Å². The van der Waals surface area contributed by atoms with E-state index in [4.69, 9.17) is 9.47 Å². The topological polar surface area (TPSA) is 47.6 Å². The fourth-order valence-electron chi connectivity index (χ4n) is 3.03. The maximum absolute atomic E-state index is 12.3. The summed E-state index contributed by atoms with van der Waals surface area (Å²) < 4.78 is 11.1. The predicted molar refractivity (Wildman–Crippen MR) is 105 cm³/mol. The molecule has 0 aliphatic carbocycles. The predicted octanol–water partition coefficient (Wildman–Crippen LogP) is 4.69. The standard InChI is InChI=1S/C22H29NO3/c1-14(2)18-12-19(16(4)11-21(18)25-6)17(5)23-22(24)13-26-20-10-8-7-9-15(20)3/h7-12,14,17H,13H2,1-6H3,(H,23,24)/t17-/m0/s1. The smallest absolute Gasteiger partial charge is 0.258 e. The van der Waals surface area contributed by atoms with Crippen molar-refractivity contribution in [3.05, 3.63) is 58.7 Å². The van der Waals surface area contributed by atoms with E-state index in [-0.39, 0.29) is 18.6 Å². The molecule has 0 saturated heterocycles. The highest BCUT2D eigenvalue weighted by Crippen LogP contribution is 2.32. The van der Waals surface area contributed by atoms with Gasteiger partial charge in [0, 0.05) is 0 Å². The van der Waals surface area contributed by atoms with E-state index in [1.165, 1.54) is 0 Å². The molecule has 26 heavy (non-hydrogen) atoms. The molecule has 2 rings (SSSR count). The van der Waals surface area contributed by atoms with Crippen LogP contribution in [0.3, 0.4) is 0 Å². The van der Waals surface area contributed by atoms with Crippen molar-refractivity contribution in [2.75, 3.05) is 13.7 Å². The summed E-state index contributed by atoms with van der Waals surface area (Å²) in [5.41, 5.74) is 4.35. The Morgan fingerprint density at radius 1 is 1.00 bits per heavy atom. The highest BCUT2D eigenvalue weighted by Gasteiger charge is 2.17. The molecule has 0 aliphatic rings. The fraction of sp³-hybridized carbons (Fsp3) is 0.409. The minimum atomic E-state index is -0.137. The molecule has 0 unspecified atom stereocenters. The molecule has 0 fully saturated rings. The largest absolute Gasteiger partial charge is 0.496 e. The Kier molecular flexibility index (Phi) is 6.67. The number of ether oxygens (including phenoxy) is 2. The first-order valence-electron chi connectivity index (χ1n) is 8.99. The molecule has 0 aromatic heterocycles. The first kappa shape index (κ1) is 19.8. The number of hydrogen-bond donors (Lipinski definition) is 1. The summed E-state index contributed by atoms with van der Waals surface area (Å²) >= 11 is 0. The van der Waals surface area contributed by atoms with E-state index < -0.39 is 0 Å². The lowest BCUT2D eigenvalue weighted by atomic mass is 9.93. The van der Waals surface area contributed by atoms with Gasteiger partial charge in [0.2, 0.25) is 0 Å². The molecule has 0 radical (unpaired) electrons. The van der Waals surface area contributed by atoms with Gasteiger partial charge in [0.05, 0.1) is 13.2 Å². The van der Waals surface area contributed by atoms with Crippen LogP contribution in [0.25, 0.3) is 0 Å². The first-order valence-corrected chi connectivity index (χ1v) is 8.99. The van der Waals surface area contributed by atoms with Gasteiger partial charge in [-0.05, 0) is 67.1 Å². The van der Waals surface area contributed by atoms with Crippen LogP contribution in [0, 0.1) is 13.8 Å². The summed E-state index contributed by atoms with van der Waals surface area (Å²) in [4.78, 5) is 12.3. The van der Waals surface area contributed by atoms with Crippen molar-refractivity contribution in [2.24, 2.45) is 0 Å². The first-order chi connectivity index (χ1) is 12.3. The number of carbonyl (C=O) groups is 1. The van der Waals surface area contributed by atoms with Gasteiger partial charge in [-0.25, -0.2) is 0 Å². The molecule has 4 heteroatoms. The summed E-state index contributed by atoms with van der Waals surface area (Å²) in [6, 6.07) is 11.7. The highest BCUT2D eigenvalue weighted by molar-refractivity contribution is 5.78. The lowest BCUT2D eigenvalue weighted by Crippen LogP contribution is -2.31. The van der Waals surface area contributed by atoms with Crippen molar-refractivity contribution in [1.82, 2.24) is 5.32 Å². The average Bonchev–Trinajstić information content (AvgIpc) is 2.60. The maximum Gasteiger partial charge on any atom is 0.258 e. The van der Waals surface area contributed by atoms with Gasteiger partial charge in [0.1, 0.15) is 11.5 Å². The lowest BCUT2D eigenvalue weighted by molar-refractivity contribution is -0.123. The van der Waals surface area contributed by atoms with Crippen molar-refractivity contribution in [1.29, 1.82) is 0 Å². The van der Waals surface area contributed by atoms with Crippen molar-refractivity contribution < 1.29 is 14.3 Å². The summed E-state index contributed by atoms with van der Waals surface area (Å²) in [6.45, 7) is 10.3. The highest BCUT2D eigenvalue weighted by atomic mass is 16.5. The molecule has 0 heterocycles. The quantitative estimate of drug-likeness (QED) is 0.784. The Balaban J connectivity index is 2.07. The molecule has 2 aromatic rings. The maximum atomic E-state index is 12.3. The molecule has 0 saturated carbocycles. The number of nitrogens with one attached hydrogen (secondary N) is 1. The van der Waals surface area contributed by atoms with Crippen LogP contribution < -0.4 is 14.8 Å². The minimum Gasteiger partial charge on any atom is -0.496 e. The second-order valence-corrected chi connectivity index (χ2v) is 6.95. The number of amides is 1. The number of carbonyl (C=O) groups excluding carboxylic acids is 1. The Bertz CT molecular complexity index is 768. The van der Waals surface area contributed by atoms with Gasteiger partial charge in [-0.1, -0.05) is 32.0 Å². The van der Waals surface area contributed by atoms with Gasteiger partial charge < -0.3 is 14.8 Å². The number of aryl methyl sites for hydroxylation is 2. The Morgan fingerprint density at radius 3 is 2.31 bits per heavy atom. The van der Waals surface area contributed by atoms with E-state index >= 15 is 0 Å². The van der Waals surface area contributed by atoms with Crippen molar-refractivity contribution in [3.63, 3.8) is 0 Å². The van der Waals surface area contributed by atoms with E-state index in [1.54, 1.807) is 7.11 Å². The Labute approximate surface area is 156 Å². The van der Waals surface area contributed by atoms with Gasteiger partial charge in [-0.2, -0.15) is 0 Å². The van der Waals surface area contributed by atoms with Crippen LogP contribution in [-0.2, 0) is 4.79 Å². The fourth-order valence-corrected chi connectivity index (χ4v) is 3.03. The van der Waals surface area contributed by atoms with Crippen LogP contribution in [0.5, 0.6) is 11.5 Å². The normalized spacial score (nSPS) is 12.0. The zero-order valence-corrected chi connectivity index (χ0v) is 16.6. The minimum absolute atomic E-state index is 0.00142. The van der Waals surface area contributed by atoms with E-state index in [2.05, 4.69) is 25.2 Å². The second-order valence-electron chi connectivity index (χ2n) is 6.95. The Hall–Kier alpha value is -2.49. The number of benzene rings is 2. The monoisotopic (exact) mass is 355 g/mol. The van der Waals surface area contributed by atoms with E-state index in [1.807, 2.05) is 51.1 Å². The van der Waals surface area contributed by atoms with Gasteiger partial charge in [-0.15, -0.1) is 0 Å². The summed E-state index contributed by atoms with van der Waals surface area (Å²) in [6.07, 6.45) is 0. The second kappa shape index (κ2) is 8.75. The third-order valence-electron chi connectivity index (χ3n) is 4.54. The van der Waals surface area contributed by atoms with Crippen molar-refractivity contribution in [3.8, 4) is 11.5 Å². The molecule has 1 amide bonds. The molecule has 0 bridgehead atoms. The van der Waals surface area contributed by atoms with Crippen LogP contribution in [-0.4, -0.2) is 19.6 Å². The molecule has 0 spiro atoms. The zero-order valence-electron chi connectivity index (χ0n) is 16.6. The van der Waals surface area contributed by atoms with Crippen molar-refractivity contribution >= 4 is 5.91 Å². The van der Waals surface area contributed by atoms with E-state index in [0.717, 1.165) is 33.8 Å². The number of para-hydroxylation sites is 1. The summed E-state index contributed by atoms with van der Waals surface area (Å²) in [5.74, 6) is 1.83. The lowest BCUT2D eigenvalue weighted by Gasteiger charge is -2.21. The number of rotatable bonds is 7. The molecular weight excluding hydrogens is 326 g/mol. The van der Waals surface area contributed by atoms with Crippen LogP contribution >= 0.6 is 0 Å². The van der Waals surface area contributed by atoms with Crippen LogP contribution in [0.4, 0.5) is 0 Å².